The van der Waals surface area contributed by atoms with Crippen molar-refractivity contribution >= 4 is 41.7 Å². The molecule has 0 aliphatic rings. The van der Waals surface area contributed by atoms with Crippen LogP contribution in [0, 0.1) is 0 Å². The third kappa shape index (κ3) is 7.80. The van der Waals surface area contributed by atoms with Crippen LogP contribution in [0.25, 0.3) is 0 Å². The molecule has 0 aliphatic heterocycles. The Labute approximate surface area is 176 Å². The summed E-state index contributed by atoms with van der Waals surface area (Å²) < 4.78 is 5.15. The van der Waals surface area contributed by atoms with Crippen LogP contribution in [-0.2, 0) is 4.79 Å². The van der Waals surface area contributed by atoms with Gasteiger partial charge >= 0.3 is 0 Å². The SMILES string of the molecule is CNCCCNC(=O)c1ccccc1SCC(=O)Nc1cccc(OC)c1.Cl. The number of anilines is 1. The number of halogens is 1. The van der Waals surface area contributed by atoms with Crippen molar-refractivity contribution in [1.82, 2.24) is 10.6 Å². The number of hydrogen-bond acceptors (Lipinski definition) is 5. The molecule has 2 rings (SSSR count). The van der Waals surface area contributed by atoms with Crippen LogP contribution in [0.5, 0.6) is 5.75 Å². The molecule has 0 fully saturated rings. The molecule has 2 amide bonds. The maximum Gasteiger partial charge on any atom is 0.252 e. The van der Waals surface area contributed by atoms with Gasteiger partial charge in [-0.2, -0.15) is 0 Å². The highest BCUT2D eigenvalue weighted by molar-refractivity contribution is 8.00. The Morgan fingerprint density at radius 2 is 1.86 bits per heavy atom. The summed E-state index contributed by atoms with van der Waals surface area (Å²) in [5.74, 6) is 0.627. The lowest BCUT2D eigenvalue weighted by Crippen LogP contribution is -2.27. The average molecular weight is 424 g/mol. The van der Waals surface area contributed by atoms with Crippen LogP contribution in [0.1, 0.15) is 16.8 Å². The van der Waals surface area contributed by atoms with E-state index < -0.39 is 0 Å². The number of methoxy groups -OCH3 is 1. The van der Waals surface area contributed by atoms with Gasteiger partial charge in [0.25, 0.3) is 5.91 Å². The molecule has 152 valence electrons. The first-order valence-electron chi connectivity index (χ1n) is 8.72. The number of benzene rings is 2. The third-order valence-electron chi connectivity index (χ3n) is 3.73. The minimum absolute atomic E-state index is 0. The molecule has 0 unspecified atom stereocenters. The second-order valence-corrected chi connectivity index (χ2v) is 6.80. The summed E-state index contributed by atoms with van der Waals surface area (Å²) >= 11 is 1.34. The number of ether oxygens (including phenoxy) is 1. The average Bonchev–Trinajstić information content (AvgIpc) is 2.70. The quantitative estimate of drug-likeness (QED) is 0.404. The summed E-state index contributed by atoms with van der Waals surface area (Å²) in [6.45, 7) is 1.45. The van der Waals surface area contributed by atoms with Gasteiger partial charge in [0.05, 0.1) is 18.4 Å². The molecule has 2 aromatic rings. The number of carbonyl (C=O) groups excluding carboxylic acids is 2. The van der Waals surface area contributed by atoms with Gasteiger partial charge in [0.1, 0.15) is 5.75 Å². The van der Waals surface area contributed by atoms with E-state index in [1.165, 1.54) is 11.8 Å². The van der Waals surface area contributed by atoms with Crippen LogP contribution in [0.3, 0.4) is 0 Å². The highest BCUT2D eigenvalue weighted by atomic mass is 35.5. The number of hydrogen-bond donors (Lipinski definition) is 3. The van der Waals surface area contributed by atoms with Crippen molar-refractivity contribution in [2.24, 2.45) is 0 Å². The van der Waals surface area contributed by atoms with Crippen molar-refractivity contribution in [1.29, 1.82) is 0 Å². The summed E-state index contributed by atoms with van der Waals surface area (Å²) in [6, 6.07) is 14.5. The third-order valence-corrected chi connectivity index (χ3v) is 4.81. The minimum Gasteiger partial charge on any atom is -0.497 e. The van der Waals surface area contributed by atoms with Crippen LogP contribution in [0.4, 0.5) is 5.69 Å². The van der Waals surface area contributed by atoms with Crippen LogP contribution >= 0.6 is 24.2 Å². The Kier molecular flexibility index (Phi) is 11.1. The minimum atomic E-state index is -0.141. The first kappa shape index (κ1) is 23.8. The van der Waals surface area contributed by atoms with E-state index in [4.69, 9.17) is 4.74 Å². The first-order valence-corrected chi connectivity index (χ1v) is 9.71. The Morgan fingerprint density at radius 1 is 1.07 bits per heavy atom. The predicted molar refractivity (Wildman–Crippen MR) is 117 cm³/mol. The number of nitrogens with one attached hydrogen (secondary N) is 3. The van der Waals surface area contributed by atoms with E-state index in [9.17, 15) is 9.59 Å². The molecule has 8 heteroatoms. The molecule has 0 bridgehead atoms. The van der Waals surface area contributed by atoms with Crippen LogP contribution < -0.4 is 20.7 Å². The van der Waals surface area contributed by atoms with Gasteiger partial charge < -0.3 is 20.7 Å². The van der Waals surface area contributed by atoms with Gasteiger partial charge in [-0.3, -0.25) is 9.59 Å². The maximum absolute atomic E-state index is 12.4. The van der Waals surface area contributed by atoms with Crippen molar-refractivity contribution in [2.45, 2.75) is 11.3 Å². The predicted octanol–water partition coefficient (Wildman–Crippen LogP) is 3.19. The molecule has 0 saturated heterocycles. The first-order chi connectivity index (χ1) is 13.1. The summed E-state index contributed by atoms with van der Waals surface area (Å²) in [6.07, 6.45) is 0.862. The van der Waals surface area contributed by atoms with E-state index >= 15 is 0 Å². The molecular weight excluding hydrogens is 398 g/mol. The molecule has 6 nitrogen and oxygen atoms in total. The van der Waals surface area contributed by atoms with Gasteiger partial charge in [-0.1, -0.05) is 18.2 Å². The lowest BCUT2D eigenvalue weighted by molar-refractivity contribution is -0.113. The van der Waals surface area contributed by atoms with Crippen LogP contribution in [0.15, 0.2) is 53.4 Å². The van der Waals surface area contributed by atoms with Gasteiger partial charge in [-0.05, 0) is 44.3 Å². The van der Waals surface area contributed by atoms with Crippen molar-refractivity contribution in [2.75, 3.05) is 38.3 Å². The molecule has 0 saturated carbocycles. The maximum atomic E-state index is 12.4. The fourth-order valence-electron chi connectivity index (χ4n) is 2.38. The normalized spacial score (nSPS) is 9.93. The molecule has 3 N–H and O–H groups in total. The molecule has 0 atom stereocenters. The Bertz CT molecular complexity index is 774. The van der Waals surface area contributed by atoms with Gasteiger partial charge in [0, 0.05) is 23.2 Å². The molecule has 0 aromatic heterocycles. The van der Waals surface area contributed by atoms with Gasteiger partial charge in [-0.15, -0.1) is 24.2 Å². The van der Waals surface area contributed by atoms with E-state index in [1.807, 2.05) is 37.4 Å². The zero-order valence-corrected chi connectivity index (χ0v) is 17.6. The molecule has 0 heterocycles. The fraction of sp³-hybridized carbons (Fsp3) is 0.300. The second kappa shape index (κ2) is 13.0. The topological polar surface area (TPSA) is 79.5 Å². The summed E-state index contributed by atoms with van der Waals surface area (Å²) in [5, 5.41) is 8.79. The Balaban J connectivity index is 0.00000392. The Morgan fingerprint density at radius 3 is 2.61 bits per heavy atom. The van der Waals surface area contributed by atoms with E-state index in [1.54, 1.807) is 25.3 Å². The van der Waals surface area contributed by atoms with E-state index in [0.29, 0.717) is 23.5 Å². The zero-order chi connectivity index (χ0) is 19.5. The fourth-order valence-corrected chi connectivity index (χ4v) is 3.23. The number of thioether (sulfide) groups is 1. The lowest BCUT2D eigenvalue weighted by Gasteiger charge is -2.10. The van der Waals surface area contributed by atoms with Crippen molar-refractivity contribution in [3.05, 3.63) is 54.1 Å². The molecule has 0 spiro atoms. The lowest BCUT2D eigenvalue weighted by atomic mass is 10.2. The number of carbonyl (C=O) groups is 2. The van der Waals surface area contributed by atoms with E-state index in [-0.39, 0.29) is 30.0 Å². The molecule has 28 heavy (non-hydrogen) atoms. The van der Waals surface area contributed by atoms with E-state index in [2.05, 4.69) is 16.0 Å². The molecule has 0 radical (unpaired) electrons. The largest absolute Gasteiger partial charge is 0.497 e. The van der Waals surface area contributed by atoms with Crippen LogP contribution in [-0.4, -0.2) is 44.8 Å². The highest BCUT2D eigenvalue weighted by Gasteiger charge is 2.12. The monoisotopic (exact) mass is 423 g/mol. The number of rotatable bonds is 10. The van der Waals surface area contributed by atoms with Gasteiger partial charge in [-0.25, -0.2) is 0 Å². The molecular formula is C20H26ClN3O3S. The summed E-state index contributed by atoms with van der Waals surface area (Å²) in [5.41, 5.74) is 1.26. The number of amides is 2. The zero-order valence-electron chi connectivity index (χ0n) is 16.0. The molecule has 0 aliphatic carbocycles. The van der Waals surface area contributed by atoms with Crippen molar-refractivity contribution in [3.63, 3.8) is 0 Å². The van der Waals surface area contributed by atoms with E-state index in [0.717, 1.165) is 17.9 Å². The second-order valence-electron chi connectivity index (χ2n) is 5.78. The Hall–Kier alpha value is -2.22. The summed E-state index contributed by atoms with van der Waals surface area (Å²) in [4.78, 5) is 25.4. The standard InChI is InChI=1S/C20H25N3O3S.ClH/c1-21-11-6-12-22-20(25)17-9-3-4-10-18(17)27-14-19(24)23-15-7-5-8-16(13-15)26-2;/h3-5,7-10,13,21H,6,11-12,14H2,1-2H3,(H,22,25)(H,23,24);1H. The van der Waals surface area contributed by atoms with Crippen molar-refractivity contribution in [3.8, 4) is 5.75 Å². The smallest absolute Gasteiger partial charge is 0.252 e. The van der Waals surface area contributed by atoms with Gasteiger partial charge in [0.15, 0.2) is 0 Å². The van der Waals surface area contributed by atoms with Gasteiger partial charge in [0.2, 0.25) is 5.91 Å². The molecule has 2 aromatic carbocycles. The van der Waals surface area contributed by atoms with Crippen LogP contribution in [0.2, 0.25) is 0 Å². The van der Waals surface area contributed by atoms with Crippen molar-refractivity contribution < 1.29 is 14.3 Å². The highest BCUT2D eigenvalue weighted by Crippen LogP contribution is 2.23. The summed E-state index contributed by atoms with van der Waals surface area (Å²) in [7, 11) is 3.46.